The van der Waals surface area contributed by atoms with Gasteiger partial charge in [-0.3, -0.25) is 4.79 Å². The standard InChI is InChI=1S/C13H21N3O4S/c1-9(8-14)3-6-13(17)16-11-7-10(21(15,18)19)4-5-12(11)20-2/h4-5,7,9H,3,6,8,14H2,1-2H3,(H,16,17)(H2,15,18,19). The number of ether oxygens (including phenoxy) is 1. The lowest BCUT2D eigenvalue weighted by molar-refractivity contribution is -0.116. The summed E-state index contributed by atoms with van der Waals surface area (Å²) in [6, 6.07) is 4.04. The molecule has 0 aliphatic rings. The highest BCUT2D eigenvalue weighted by Gasteiger charge is 2.14. The van der Waals surface area contributed by atoms with Crippen LogP contribution in [0.4, 0.5) is 5.69 Å². The Balaban J connectivity index is 2.88. The molecule has 0 saturated heterocycles. The molecule has 1 aromatic carbocycles. The quantitative estimate of drug-likeness (QED) is 0.681. The van der Waals surface area contributed by atoms with Gasteiger partial charge in [0.1, 0.15) is 5.75 Å². The fourth-order valence-electron chi connectivity index (χ4n) is 1.67. The average Bonchev–Trinajstić information content (AvgIpc) is 2.43. The number of nitrogens with two attached hydrogens (primary N) is 2. The molecule has 8 heteroatoms. The maximum absolute atomic E-state index is 11.9. The second kappa shape index (κ2) is 7.39. The van der Waals surface area contributed by atoms with Crippen molar-refractivity contribution in [3.05, 3.63) is 18.2 Å². The summed E-state index contributed by atoms with van der Waals surface area (Å²) in [5.41, 5.74) is 5.76. The smallest absolute Gasteiger partial charge is 0.238 e. The van der Waals surface area contributed by atoms with E-state index in [-0.39, 0.29) is 22.4 Å². The minimum atomic E-state index is -3.84. The number of hydrogen-bond donors (Lipinski definition) is 3. The predicted octanol–water partition coefficient (Wildman–Crippen LogP) is 0.656. The number of carbonyl (C=O) groups is 1. The Morgan fingerprint density at radius 3 is 2.62 bits per heavy atom. The molecule has 0 bridgehead atoms. The maximum atomic E-state index is 11.9. The summed E-state index contributed by atoms with van der Waals surface area (Å²) in [6.07, 6.45) is 0.945. The van der Waals surface area contributed by atoms with Gasteiger partial charge in [0.2, 0.25) is 15.9 Å². The molecule has 1 unspecified atom stereocenters. The molecular weight excluding hydrogens is 294 g/mol. The molecule has 1 aromatic rings. The number of methoxy groups -OCH3 is 1. The molecule has 0 aromatic heterocycles. The van der Waals surface area contributed by atoms with Gasteiger partial charge < -0.3 is 15.8 Å². The lowest BCUT2D eigenvalue weighted by Gasteiger charge is -2.12. The minimum Gasteiger partial charge on any atom is -0.495 e. The van der Waals surface area contributed by atoms with Crippen LogP contribution in [0, 0.1) is 5.92 Å². The van der Waals surface area contributed by atoms with Gasteiger partial charge >= 0.3 is 0 Å². The number of nitrogens with one attached hydrogen (secondary N) is 1. The fraction of sp³-hybridized carbons (Fsp3) is 0.462. The Hall–Kier alpha value is -1.64. The molecule has 0 heterocycles. The topological polar surface area (TPSA) is 125 Å². The van der Waals surface area contributed by atoms with Crippen LogP contribution in [0.2, 0.25) is 0 Å². The maximum Gasteiger partial charge on any atom is 0.238 e. The SMILES string of the molecule is COc1ccc(S(N)(=O)=O)cc1NC(=O)CCC(C)CN. The van der Waals surface area contributed by atoms with E-state index >= 15 is 0 Å². The number of benzene rings is 1. The third kappa shape index (κ3) is 5.33. The van der Waals surface area contributed by atoms with Crippen LogP contribution in [0.15, 0.2) is 23.1 Å². The molecule has 1 amide bonds. The molecule has 0 radical (unpaired) electrons. The van der Waals surface area contributed by atoms with E-state index in [1.54, 1.807) is 0 Å². The minimum absolute atomic E-state index is 0.0890. The first-order chi connectivity index (χ1) is 9.77. The zero-order chi connectivity index (χ0) is 16.0. The molecule has 7 nitrogen and oxygen atoms in total. The number of amides is 1. The lowest BCUT2D eigenvalue weighted by Crippen LogP contribution is -2.17. The van der Waals surface area contributed by atoms with E-state index in [2.05, 4.69) is 5.32 Å². The van der Waals surface area contributed by atoms with Gasteiger partial charge in [0.05, 0.1) is 17.7 Å². The van der Waals surface area contributed by atoms with Gasteiger partial charge in [-0.05, 0) is 37.1 Å². The second-order valence-electron chi connectivity index (χ2n) is 4.83. The van der Waals surface area contributed by atoms with E-state index in [0.29, 0.717) is 25.1 Å². The summed E-state index contributed by atoms with van der Waals surface area (Å²) in [4.78, 5) is 11.8. The van der Waals surface area contributed by atoms with Crippen molar-refractivity contribution in [1.29, 1.82) is 0 Å². The molecule has 0 spiro atoms. The second-order valence-corrected chi connectivity index (χ2v) is 6.40. The summed E-state index contributed by atoms with van der Waals surface area (Å²) in [6.45, 7) is 2.47. The molecule has 0 saturated carbocycles. The number of primary sulfonamides is 1. The van der Waals surface area contributed by atoms with Crippen LogP contribution in [-0.4, -0.2) is 28.0 Å². The predicted molar refractivity (Wildman–Crippen MR) is 80.4 cm³/mol. The van der Waals surface area contributed by atoms with Gasteiger partial charge in [0.25, 0.3) is 0 Å². The number of hydrogen-bond acceptors (Lipinski definition) is 5. The first-order valence-corrected chi connectivity index (χ1v) is 8.03. The van der Waals surface area contributed by atoms with Crippen LogP contribution >= 0.6 is 0 Å². The van der Waals surface area contributed by atoms with E-state index in [1.165, 1.54) is 25.3 Å². The van der Waals surface area contributed by atoms with Gasteiger partial charge in [-0.15, -0.1) is 0 Å². The number of sulfonamides is 1. The van der Waals surface area contributed by atoms with Crippen molar-refractivity contribution in [2.24, 2.45) is 16.8 Å². The molecule has 0 aliphatic heterocycles. The van der Waals surface area contributed by atoms with Crippen molar-refractivity contribution in [1.82, 2.24) is 0 Å². The highest BCUT2D eigenvalue weighted by atomic mass is 32.2. The van der Waals surface area contributed by atoms with Gasteiger partial charge in [-0.1, -0.05) is 6.92 Å². The van der Waals surface area contributed by atoms with Crippen LogP contribution in [0.25, 0.3) is 0 Å². The van der Waals surface area contributed by atoms with Crippen LogP contribution < -0.4 is 20.9 Å². The molecule has 1 rings (SSSR count). The van der Waals surface area contributed by atoms with Crippen LogP contribution in [0.5, 0.6) is 5.75 Å². The molecule has 5 N–H and O–H groups in total. The Morgan fingerprint density at radius 2 is 2.10 bits per heavy atom. The molecule has 21 heavy (non-hydrogen) atoms. The van der Waals surface area contributed by atoms with Crippen LogP contribution in [0.3, 0.4) is 0 Å². The Kier molecular flexibility index (Phi) is 6.13. The Labute approximate surface area is 124 Å². The van der Waals surface area contributed by atoms with E-state index in [9.17, 15) is 13.2 Å². The largest absolute Gasteiger partial charge is 0.495 e. The normalized spacial score (nSPS) is 12.8. The van der Waals surface area contributed by atoms with E-state index in [4.69, 9.17) is 15.6 Å². The molecule has 118 valence electrons. The molecule has 1 atom stereocenters. The van der Waals surface area contributed by atoms with Crippen LogP contribution in [0.1, 0.15) is 19.8 Å². The number of carbonyl (C=O) groups excluding carboxylic acids is 1. The van der Waals surface area contributed by atoms with Gasteiger partial charge in [0.15, 0.2) is 0 Å². The van der Waals surface area contributed by atoms with Crippen molar-refractivity contribution in [2.45, 2.75) is 24.7 Å². The van der Waals surface area contributed by atoms with Crippen molar-refractivity contribution >= 4 is 21.6 Å². The van der Waals surface area contributed by atoms with Crippen molar-refractivity contribution < 1.29 is 17.9 Å². The Morgan fingerprint density at radius 1 is 1.43 bits per heavy atom. The third-order valence-corrected chi connectivity index (χ3v) is 3.95. The monoisotopic (exact) mass is 315 g/mol. The first-order valence-electron chi connectivity index (χ1n) is 6.48. The lowest BCUT2D eigenvalue weighted by atomic mass is 10.1. The zero-order valence-corrected chi connectivity index (χ0v) is 12.9. The van der Waals surface area contributed by atoms with Crippen molar-refractivity contribution in [2.75, 3.05) is 19.0 Å². The number of anilines is 1. The fourth-order valence-corrected chi connectivity index (χ4v) is 2.21. The first kappa shape index (κ1) is 17.4. The van der Waals surface area contributed by atoms with E-state index in [0.717, 1.165) is 0 Å². The Bertz CT molecular complexity index is 601. The number of rotatable bonds is 7. The van der Waals surface area contributed by atoms with Crippen molar-refractivity contribution in [3.63, 3.8) is 0 Å². The molecule has 0 fully saturated rings. The summed E-state index contributed by atoms with van der Waals surface area (Å²) in [5.74, 6) is 0.371. The molecule has 0 aliphatic carbocycles. The van der Waals surface area contributed by atoms with Gasteiger partial charge in [-0.2, -0.15) is 0 Å². The average molecular weight is 315 g/mol. The summed E-state index contributed by atoms with van der Waals surface area (Å²) in [5, 5.41) is 7.70. The highest BCUT2D eigenvalue weighted by molar-refractivity contribution is 7.89. The van der Waals surface area contributed by atoms with Gasteiger partial charge in [-0.25, -0.2) is 13.6 Å². The van der Waals surface area contributed by atoms with Crippen molar-refractivity contribution in [3.8, 4) is 5.75 Å². The van der Waals surface area contributed by atoms with E-state index < -0.39 is 10.0 Å². The van der Waals surface area contributed by atoms with Crippen LogP contribution in [-0.2, 0) is 14.8 Å². The summed E-state index contributed by atoms with van der Waals surface area (Å²) < 4.78 is 27.8. The third-order valence-electron chi connectivity index (χ3n) is 3.04. The summed E-state index contributed by atoms with van der Waals surface area (Å²) in [7, 11) is -2.41. The summed E-state index contributed by atoms with van der Waals surface area (Å²) >= 11 is 0. The van der Waals surface area contributed by atoms with E-state index in [1.807, 2.05) is 6.92 Å². The van der Waals surface area contributed by atoms with Gasteiger partial charge in [0, 0.05) is 6.42 Å². The molecular formula is C13H21N3O4S. The highest BCUT2D eigenvalue weighted by Crippen LogP contribution is 2.27. The zero-order valence-electron chi connectivity index (χ0n) is 12.1.